The number of hydrogen-bond donors (Lipinski definition) is 3. The van der Waals surface area contributed by atoms with Crippen LogP contribution in [0.3, 0.4) is 0 Å². The molecule has 2 aromatic carbocycles. The smallest absolute Gasteiger partial charge is 0.255 e. The molecule has 4 rings (SSSR count). The van der Waals surface area contributed by atoms with E-state index in [0.717, 1.165) is 29.9 Å². The molecule has 0 saturated heterocycles. The van der Waals surface area contributed by atoms with Crippen molar-refractivity contribution in [3.63, 3.8) is 0 Å². The molecule has 1 amide bonds. The third kappa shape index (κ3) is 4.04. The second-order valence-corrected chi connectivity index (χ2v) is 6.79. The molecule has 0 aliphatic rings. The molecule has 0 bridgehead atoms. The third-order valence-electron chi connectivity index (χ3n) is 4.68. The van der Waals surface area contributed by atoms with Gasteiger partial charge in [0.1, 0.15) is 5.82 Å². The van der Waals surface area contributed by atoms with Crippen molar-refractivity contribution in [3.05, 3.63) is 89.7 Å². The van der Waals surface area contributed by atoms with Crippen molar-refractivity contribution >= 4 is 28.3 Å². The summed E-state index contributed by atoms with van der Waals surface area (Å²) in [7, 11) is 0. The lowest BCUT2D eigenvalue weighted by Crippen LogP contribution is -2.12. The first-order valence-corrected chi connectivity index (χ1v) is 9.32. The molecule has 4 aromatic rings. The van der Waals surface area contributed by atoms with E-state index < -0.39 is 0 Å². The van der Waals surface area contributed by atoms with E-state index in [1.165, 1.54) is 10.9 Å². The first-order valence-electron chi connectivity index (χ1n) is 9.32. The van der Waals surface area contributed by atoms with Gasteiger partial charge >= 0.3 is 0 Å². The van der Waals surface area contributed by atoms with Gasteiger partial charge in [0.05, 0.1) is 11.9 Å². The zero-order valence-electron chi connectivity index (χ0n) is 15.7. The van der Waals surface area contributed by atoms with Gasteiger partial charge in [0.25, 0.3) is 5.91 Å². The van der Waals surface area contributed by atoms with Gasteiger partial charge in [-0.05, 0) is 49.2 Å². The van der Waals surface area contributed by atoms with Crippen LogP contribution < -0.4 is 10.6 Å². The maximum Gasteiger partial charge on any atom is 0.255 e. The van der Waals surface area contributed by atoms with Crippen LogP contribution in [0.4, 0.5) is 11.5 Å². The van der Waals surface area contributed by atoms with Crippen LogP contribution in [0.2, 0.25) is 0 Å². The van der Waals surface area contributed by atoms with Gasteiger partial charge in [-0.25, -0.2) is 4.98 Å². The highest BCUT2D eigenvalue weighted by Crippen LogP contribution is 2.18. The van der Waals surface area contributed by atoms with Crippen LogP contribution in [0.15, 0.2) is 73.1 Å². The second kappa shape index (κ2) is 7.96. The van der Waals surface area contributed by atoms with Crippen molar-refractivity contribution in [1.82, 2.24) is 9.97 Å². The number of aromatic nitrogens is 2. The van der Waals surface area contributed by atoms with Crippen LogP contribution in [0.25, 0.3) is 10.9 Å². The number of para-hydroxylation sites is 1. The van der Waals surface area contributed by atoms with E-state index in [2.05, 4.69) is 45.0 Å². The number of fused-ring (bicyclic) bond motifs is 1. The molecule has 0 aliphatic heterocycles. The summed E-state index contributed by atoms with van der Waals surface area (Å²) in [5.41, 5.74) is 4.81. The molecule has 140 valence electrons. The van der Waals surface area contributed by atoms with Gasteiger partial charge in [-0.1, -0.05) is 35.9 Å². The molecule has 2 aromatic heterocycles. The van der Waals surface area contributed by atoms with Crippen LogP contribution in [-0.2, 0) is 6.42 Å². The van der Waals surface area contributed by atoms with E-state index in [4.69, 9.17) is 0 Å². The van der Waals surface area contributed by atoms with Gasteiger partial charge in [-0.2, -0.15) is 0 Å². The maximum atomic E-state index is 12.3. The molecular formula is C23H22N4O. The minimum absolute atomic E-state index is 0.134. The third-order valence-corrected chi connectivity index (χ3v) is 4.68. The fourth-order valence-corrected chi connectivity index (χ4v) is 3.23. The first-order chi connectivity index (χ1) is 13.7. The normalized spacial score (nSPS) is 10.8. The largest absolute Gasteiger partial charge is 0.370 e. The number of amides is 1. The average molecular weight is 370 g/mol. The van der Waals surface area contributed by atoms with Crippen molar-refractivity contribution in [1.29, 1.82) is 0 Å². The van der Waals surface area contributed by atoms with E-state index in [1.54, 1.807) is 12.3 Å². The van der Waals surface area contributed by atoms with Crippen LogP contribution in [0.1, 0.15) is 21.5 Å². The number of aryl methyl sites for hydroxylation is 1. The number of anilines is 2. The summed E-state index contributed by atoms with van der Waals surface area (Å²) >= 11 is 0. The number of carbonyl (C=O) groups is 1. The molecule has 0 radical (unpaired) electrons. The van der Waals surface area contributed by atoms with E-state index in [-0.39, 0.29) is 5.91 Å². The minimum atomic E-state index is -0.134. The predicted molar refractivity (Wildman–Crippen MR) is 114 cm³/mol. The SMILES string of the molecule is Cc1cccc(C(=O)Nc2ccc(NCCc3c[nH]c4ccccc34)nc2)c1. The highest BCUT2D eigenvalue weighted by atomic mass is 16.1. The molecule has 0 fully saturated rings. The van der Waals surface area contributed by atoms with Gasteiger partial charge in [0.15, 0.2) is 0 Å². The van der Waals surface area contributed by atoms with Crippen molar-refractivity contribution in [3.8, 4) is 0 Å². The maximum absolute atomic E-state index is 12.3. The van der Waals surface area contributed by atoms with Crippen LogP contribution in [-0.4, -0.2) is 22.4 Å². The summed E-state index contributed by atoms with van der Waals surface area (Å²) in [6.07, 6.45) is 4.63. The van der Waals surface area contributed by atoms with Gasteiger partial charge in [-0.3, -0.25) is 4.79 Å². The van der Waals surface area contributed by atoms with E-state index in [1.807, 2.05) is 43.3 Å². The number of H-pyrrole nitrogens is 1. The Morgan fingerprint density at radius 3 is 2.79 bits per heavy atom. The average Bonchev–Trinajstić information content (AvgIpc) is 3.12. The number of rotatable bonds is 6. The summed E-state index contributed by atoms with van der Waals surface area (Å²) < 4.78 is 0. The highest BCUT2D eigenvalue weighted by Gasteiger charge is 2.07. The number of hydrogen-bond acceptors (Lipinski definition) is 3. The quantitative estimate of drug-likeness (QED) is 0.457. The molecule has 0 spiro atoms. The second-order valence-electron chi connectivity index (χ2n) is 6.79. The Hall–Kier alpha value is -3.60. The summed E-state index contributed by atoms with van der Waals surface area (Å²) in [5.74, 6) is 0.652. The molecule has 28 heavy (non-hydrogen) atoms. The number of pyridine rings is 1. The van der Waals surface area contributed by atoms with Crippen molar-refractivity contribution in [2.24, 2.45) is 0 Å². The fraction of sp³-hybridized carbons (Fsp3) is 0.130. The molecular weight excluding hydrogens is 348 g/mol. The molecule has 5 nitrogen and oxygen atoms in total. The van der Waals surface area contributed by atoms with Gasteiger partial charge in [-0.15, -0.1) is 0 Å². The lowest BCUT2D eigenvalue weighted by molar-refractivity contribution is 0.102. The highest BCUT2D eigenvalue weighted by molar-refractivity contribution is 6.04. The van der Waals surface area contributed by atoms with Crippen molar-refractivity contribution in [2.75, 3.05) is 17.2 Å². The molecule has 0 unspecified atom stereocenters. The summed E-state index contributed by atoms with van der Waals surface area (Å²) in [4.78, 5) is 20.0. The van der Waals surface area contributed by atoms with E-state index >= 15 is 0 Å². The Kier molecular flexibility index (Phi) is 5.06. The molecule has 0 saturated carbocycles. The number of benzene rings is 2. The van der Waals surface area contributed by atoms with Crippen LogP contribution in [0, 0.1) is 6.92 Å². The lowest BCUT2D eigenvalue weighted by Gasteiger charge is -2.08. The summed E-state index contributed by atoms with van der Waals surface area (Å²) in [6, 6.07) is 19.5. The van der Waals surface area contributed by atoms with Crippen LogP contribution >= 0.6 is 0 Å². The number of carbonyl (C=O) groups excluding carboxylic acids is 1. The number of nitrogens with one attached hydrogen (secondary N) is 3. The van der Waals surface area contributed by atoms with Crippen molar-refractivity contribution < 1.29 is 4.79 Å². The van der Waals surface area contributed by atoms with Gasteiger partial charge in [0, 0.05) is 29.2 Å². The first kappa shape index (κ1) is 17.8. The molecule has 5 heteroatoms. The Labute approximate surface area is 163 Å². The van der Waals surface area contributed by atoms with Crippen molar-refractivity contribution in [2.45, 2.75) is 13.3 Å². The fourth-order valence-electron chi connectivity index (χ4n) is 3.23. The Morgan fingerprint density at radius 2 is 1.96 bits per heavy atom. The lowest BCUT2D eigenvalue weighted by atomic mass is 10.1. The van der Waals surface area contributed by atoms with Crippen LogP contribution in [0.5, 0.6) is 0 Å². The molecule has 2 heterocycles. The topological polar surface area (TPSA) is 69.8 Å². The van der Waals surface area contributed by atoms with E-state index in [9.17, 15) is 4.79 Å². The van der Waals surface area contributed by atoms with E-state index in [0.29, 0.717) is 11.3 Å². The summed E-state index contributed by atoms with van der Waals surface area (Å²) in [6.45, 7) is 2.75. The zero-order chi connectivity index (χ0) is 19.3. The van der Waals surface area contributed by atoms with Gasteiger partial charge < -0.3 is 15.6 Å². The number of aromatic amines is 1. The molecule has 3 N–H and O–H groups in total. The monoisotopic (exact) mass is 370 g/mol. The number of nitrogens with zero attached hydrogens (tertiary/aromatic N) is 1. The molecule has 0 aliphatic carbocycles. The predicted octanol–water partition coefficient (Wildman–Crippen LogP) is 4.78. The molecule has 0 atom stereocenters. The Bertz CT molecular complexity index is 1100. The Balaban J connectivity index is 1.32. The Morgan fingerprint density at radius 1 is 1.07 bits per heavy atom. The standard InChI is InChI=1S/C23H22N4O/c1-16-5-4-6-17(13-16)23(28)27-19-9-10-22(26-15-19)24-12-11-18-14-25-21-8-3-2-7-20(18)21/h2-10,13-15,25H,11-12H2,1H3,(H,24,26)(H,27,28). The summed E-state index contributed by atoms with van der Waals surface area (Å²) in [5, 5.41) is 7.46. The minimum Gasteiger partial charge on any atom is -0.370 e. The zero-order valence-corrected chi connectivity index (χ0v) is 15.7. The van der Waals surface area contributed by atoms with Gasteiger partial charge in [0.2, 0.25) is 0 Å².